The zero-order chi connectivity index (χ0) is 46.5. The number of carboxylic acids is 1. The predicted molar refractivity (Wildman–Crippen MR) is 235 cm³/mol. The Kier molecular flexibility index (Phi) is 18.8. The van der Waals surface area contributed by atoms with Gasteiger partial charge in [-0.25, -0.2) is 8.42 Å². The topological polar surface area (TPSA) is 246 Å². The number of benzene rings is 2. The molecule has 2 aromatic carbocycles. The Hall–Kier alpha value is -3.83. The van der Waals surface area contributed by atoms with Crippen LogP contribution in [0.15, 0.2) is 82.3 Å². The van der Waals surface area contributed by atoms with Crippen LogP contribution in [-0.2, 0) is 64.9 Å². The van der Waals surface area contributed by atoms with E-state index < -0.39 is 52.9 Å². The number of hydrogen-bond acceptors (Lipinski definition) is 13. The zero-order valence-electron chi connectivity index (χ0n) is 36.2. The summed E-state index contributed by atoms with van der Waals surface area (Å²) in [4.78, 5) is 12.5. The molecule has 2 atom stereocenters. The van der Waals surface area contributed by atoms with Crippen molar-refractivity contribution in [3.8, 4) is 0 Å². The largest absolute Gasteiger partial charge is 0.744 e. The number of rotatable bonds is 28. The molecule has 0 radical (unpaired) electrons. The fourth-order valence-corrected chi connectivity index (χ4v) is 9.65. The average Bonchev–Trinajstić information content (AvgIpc) is 3.58. The van der Waals surface area contributed by atoms with Crippen molar-refractivity contribution < 1.29 is 72.3 Å². The maximum atomic E-state index is 12.3. The molecule has 2 heterocycles. The number of aliphatic carboxylic acids is 1. The Morgan fingerprint density at radius 1 is 0.778 bits per heavy atom. The third kappa shape index (κ3) is 14.1. The highest BCUT2D eigenvalue weighted by Gasteiger charge is 2.48. The van der Waals surface area contributed by atoms with Crippen molar-refractivity contribution in [1.82, 2.24) is 0 Å². The van der Waals surface area contributed by atoms with Gasteiger partial charge in [0.1, 0.15) is 16.7 Å². The molecule has 0 amide bonds. The standard InChI is InChI=1S/C43H60N2O15S3/c1-5-44-37-18-16-33(62(51,52)53)31-35(37)43(3,21-23-58-26-27-60-29-28-59-25-24-57-4)39(44)13-8-6-9-14-40-42(2,20-12-30-61(48,49)50)36-32-34(63(54,55)56)17-19-38(36)45(40)22-11-7-10-15-41(46)47/h6,8-9,13-14,16-19,31-32H,5,7,10-12,15,20-30H2,1-4H3,(H3-,46,47,48,49,50,51,52,53,54,55,56). The molecule has 0 fully saturated rings. The van der Waals surface area contributed by atoms with Crippen LogP contribution >= 0.6 is 0 Å². The highest BCUT2D eigenvalue weighted by atomic mass is 32.2. The third-order valence-corrected chi connectivity index (χ3v) is 13.8. The second-order valence-corrected chi connectivity index (χ2v) is 20.1. The van der Waals surface area contributed by atoms with Crippen LogP contribution in [0.1, 0.15) is 76.8 Å². The summed E-state index contributed by atoms with van der Waals surface area (Å²) in [5.74, 6) is -1.44. The van der Waals surface area contributed by atoms with E-state index in [0.717, 1.165) is 11.4 Å². The van der Waals surface area contributed by atoms with Crippen LogP contribution in [0.2, 0.25) is 0 Å². The zero-order valence-corrected chi connectivity index (χ0v) is 38.7. The highest BCUT2D eigenvalue weighted by Crippen LogP contribution is 2.50. The van der Waals surface area contributed by atoms with Gasteiger partial charge >= 0.3 is 5.97 Å². The van der Waals surface area contributed by atoms with E-state index in [4.69, 9.17) is 24.1 Å². The number of anilines is 1. The van der Waals surface area contributed by atoms with Crippen LogP contribution in [0.4, 0.5) is 11.4 Å². The van der Waals surface area contributed by atoms with Gasteiger partial charge in [-0.1, -0.05) is 18.2 Å². The highest BCUT2D eigenvalue weighted by molar-refractivity contribution is 7.86. The lowest BCUT2D eigenvalue weighted by Crippen LogP contribution is -2.32. The number of allylic oxidation sites excluding steroid dienone is 6. The average molecular weight is 941 g/mol. The fourth-order valence-electron chi connectivity index (χ4n) is 8.14. The minimum atomic E-state index is -4.75. The van der Waals surface area contributed by atoms with Crippen molar-refractivity contribution in [2.24, 2.45) is 0 Å². The molecular weight excluding hydrogens is 881 g/mol. The summed E-state index contributed by atoms with van der Waals surface area (Å²) in [6.45, 7) is 9.41. The molecule has 0 saturated carbocycles. The molecule has 0 aliphatic carbocycles. The van der Waals surface area contributed by atoms with Crippen molar-refractivity contribution in [2.45, 2.75) is 86.3 Å². The molecule has 0 aromatic heterocycles. The number of carbonyl (C=O) groups is 1. The van der Waals surface area contributed by atoms with Crippen LogP contribution < -0.4 is 4.90 Å². The van der Waals surface area contributed by atoms with E-state index in [9.17, 15) is 43.7 Å². The van der Waals surface area contributed by atoms with Gasteiger partial charge in [0.25, 0.3) is 20.2 Å². The maximum absolute atomic E-state index is 12.3. The Bertz CT molecular complexity index is 2380. The Labute approximate surface area is 371 Å². The Morgan fingerprint density at radius 2 is 1.41 bits per heavy atom. The van der Waals surface area contributed by atoms with Crippen LogP contribution in [0, 0.1) is 0 Å². The molecule has 350 valence electrons. The number of likely N-dealkylation sites (N-methyl/N-ethyl adjacent to an activating group) is 1. The summed E-state index contributed by atoms with van der Waals surface area (Å²) in [6.07, 6.45) is 11.4. The van der Waals surface area contributed by atoms with Gasteiger partial charge in [-0.3, -0.25) is 13.9 Å². The molecule has 2 unspecified atom stereocenters. The molecule has 2 aliphatic rings. The predicted octanol–water partition coefficient (Wildman–Crippen LogP) is 5.39. The molecule has 63 heavy (non-hydrogen) atoms. The molecule has 2 aliphatic heterocycles. The van der Waals surface area contributed by atoms with E-state index in [2.05, 4.69) is 0 Å². The van der Waals surface area contributed by atoms with Crippen molar-refractivity contribution in [2.75, 3.05) is 77.1 Å². The van der Waals surface area contributed by atoms with Crippen LogP contribution in [0.5, 0.6) is 0 Å². The maximum Gasteiger partial charge on any atom is 0.303 e. The first-order valence-electron chi connectivity index (χ1n) is 20.8. The molecule has 20 heteroatoms. The van der Waals surface area contributed by atoms with Gasteiger partial charge in [-0.15, -0.1) is 0 Å². The first kappa shape index (κ1) is 51.8. The minimum Gasteiger partial charge on any atom is -0.744 e. The molecular formula is C43H60N2O15S3. The first-order valence-corrected chi connectivity index (χ1v) is 25.2. The normalized spacial score (nSPS) is 19.9. The van der Waals surface area contributed by atoms with Crippen LogP contribution in [-0.4, -0.2) is 132 Å². The summed E-state index contributed by atoms with van der Waals surface area (Å²) in [7, 11) is -12.1. The number of unbranched alkanes of at least 4 members (excludes halogenated alkanes) is 2. The lowest BCUT2D eigenvalue weighted by Gasteiger charge is -2.30. The third-order valence-electron chi connectivity index (χ3n) is 11.3. The molecule has 3 N–H and O–H groups in total. The summed E-state index contributed by atoms with van der Waals surface area (Å²) in [6, 6.07) is 8.61. The van der Waals surface area contributed by atoms with Gasteiger partial charge in [-0.05, 0) is 94.8 Å². The molecule has 17 nitrogen and oxygen atoms in total. The smallest absolute Gasteiger partial charge is 0.303 e. The van der Waals surface area contributed by atoms with Gasteiger partial charge in [-0.2, -0.15) is 21.4 Å². The van der Waals surface area contributed by atoms with E-state index in [1.807, 2.05) is 48.5 Å². The second kappa shape index (κ2) is 22.9. The molecule has 0 saturated heterocycles. The monoisotopic (exact) mass is 940 g/mol. The van der Waals surface area contributed by atoms with Crippen LogP contribution in [0.25, 0.3) is 0 Å². The fraction of sp³-hybridized carbons (Fsp3) is 0.535. The van der Waals surface area contributed by atoms with E-state index >= 15 is 0 Å². The molecule has 0 bridgehead atoms. The van der Waals surface area contributed by atoms with E-state index in [1.165, 1.54) is 24.3 Å². The van der Waals surface area contributed by atoms with Crippen molar-refractivity contribution >= 4 is 53.4 Å². The molecule has 0 spiro atoms. The number of methoxy groups -OCH3 is 1. The molecule has 2 aromatic rings. The summed E-state index contributed by atoms with van der Waals surface area (Å²) < 4.78 is 128. The van der Waals surface area contributed by atoms with Gasteiger partial charge in [0.05, 0.1) is 60.6 Å². The van der Waals surface area contributed by atoms with Gasteiger partial charge in [0.2, 0.25) is 5.69 Å². The van der Waals surface area contributed by atoms with Crippen molar-refractivity contribution in [3.63, 3.8) is 0 Å². The summed E-state index contributed by atoms with van der Waals surface area (Å²) >= 11 is 0. The Morgan fingerprint density at radius 3 is 2.02 bits per heavy atom. The first-order chi connectivity index (χ1) is 29.7. The lowest BCUT2D eigenvalue weighted by atomic mass is 9.76. The summed E-state index contributed by atoms with van der Waals surface area (Å²) in [5, 5.41) is 9.14. The number of nitrogens with zero attached hydrogens (tertiary/aromatic N) is 2. The van der Waals surface area contributed by atoms with E-state index in [1.54, 1.807) is 31.4 Å². The number of fused-ring (bicyclic) bond motifs is 2. The van der Waals surface area contributed by atoms with E-state index in [-0.39, 0.29) is 35.7 Å². The number of hydrogen-bond donors (Lipinski definition) is 3. The minimum absolute atomic E-state index is 0.00538. The second-order valence-electron chi connectivity index (χ2n) is 15.7. The van der Waals surface area contributed by atoms with Crippen molar-refractivity contribution in [3.05, 3.63) is 83.6 Å². The summed E-state index contributed by atoms with van der Waals surface area (Å²) in [5.41, 5.74) is 2.32. The van der Waals surface area contributed by atoms with Crippen molar-refractivity contribution in [1.29, 1.82) is 0 Å². The number of ether oxygens (including phenoxy) is 4. The van der Waals surface area contributed by atoms with E-state index in [0.29, 0.717) is 101 Å². The van der Waals surface area contributed by atoms with Gasteiger partial charge in [0.15, 0.2) is 5.71 Å². The Balaban J connectivity index is 1.68. The molecule has 4 rings (SSSR count). The quantitative estimate of drug-likeness (QED) is 0.0419. The number of carboxylic acid groups (broad SMARTS) is 1. The van der Waals surface area contributed by atoms with Crippen LogP contribution in [0.3, 0.4) is 0 Å². The SMILES string of the molecule is CCN1/C(=C/C=C/C=C/C2=[N+](CCCCCC(=O)O)c3ccc(S(=O)(=O)O)cc3C2(C)CCCS(=O)(=O)O)C(C)(CCOCCOCCOCCOC)c2cc(S(=O)(=O)[O-])ccc21. The lowest BCUT2D eigenvalue weighted by molar-refractivity contribution is -0.438. The van der Waals surface area contributed by atoms with Gasteiger partial charge in [0, 0.05) is 67.6 Å². The van der Waals surface area contributed by atoms with Gasteiger partial charge < -0.3 is 33.5 Å².